The summed E-state index contributed by atoms with van der Waals surface area (Å²) in [5.41, 5.74) is 1.44. The first kappa shape index (κ1) is 19.0. The van der Waals surface area contributed by atoms with Gasteiger partial charge >= 0.3 is 0 Å². The van der Waals surface area contributed by atoms with E-state index in [1.807, 2.05) is 7.05 Å². The van der Waals surface area contributed by atoms with E-state index >= 15 is 0 Å². The van der Waals surface area contributed by atoms with E-state index in [0.29, 0.717) is 24.2 Å². The molecule has 0 spiro atoms. The van der Waals surface area contributed by atoms with Crippen molar-refractivity contribution in [2.75, 3.05) is 26.7 Å². The van der Waals surface area contributed by atoms with Crippen LogP contribution in [0.25, 0.3) is 0 Å². The van der Waals surface area contributed by atoms with Gasteiger partial charge < -0.3 is 10.2 Å². The van der Waals surface area contributed by atoms with Crippen LogP contribution in [0.4, 0.5) is 0 Å². The van der Waals surface area contributed by atoms with E-state index in [-0.39, 0.29) is 12.4 Å². The number of nitrogens with one attached hydrogen (secondary N) is 1. The summed E-state index contributed by atoms with van der Waals surface area (Å²) in [6.45, 7) is 5.00. The fraction of sp³-hybridized carbons (Fsp3) is 0.611. The van der Waals surface area contributed by atoms with Gasteiger partial charge in [0.15, 0.2) is 0 Å². The predicted molar refractivity (Wildman–Crippen MR) is 94.6 cm³/mol. The highest BCUT2D eigenvalue weighted by molar-refractivity contribution is 5.85. The molecule has 0 bridgehead atoms. The van der Waals surface area contributed by atoms with Crippen LogP contribution in [0.5, 0.6) is 0 Å². The summed E-state index contributed by atoms with van der Waals surface area (Å²) in [6, 6.07) is 10.8. The average Bonchev–Trinajstić information content (AvgIpc) is 2.55. The van der Waals surface area contributed by atoms with Crippen LogP contribution >= 0.6 is 12.4 Å². The minimum Gasteiger partial charge on any atom is -0.342 e. The molecule has 1 aromatic rings. The number of nitrogens with zero attached hydrogens (tertiary/aromatic N) is 1. The van der Waals surface area contributed by atoms with Crippen molar-refractivity contribution in [3.63, 3.8) is 0 Å². The van der Waals surface area contributed by atoms with Gasteiger partial charge in [-0.25, -0.2) is 0 Å². The Morgan fingerprint density at radius 3 is 2.68 bits per heavy atom. The molecular weight excluding hydrogens is 296 g/mol. The lowest BCUT2D eigenvalue weighted by molar-refractivity contribution is -0.133. The van der Waals surface area contributed by atoms with E-state index in [2.05, 4.69) is 47.5 Å². The number of hydrogen-bond acceptors (Lipinski definition) is 2. The number of likely N-dealkylation sites (tertiary alicyclic amines) is 1. The molecule has 1 amide bonds. The number of carbonyl (C=O) groups is 1. The third-order valence-corrected chi connectivity index (χ3v) is 4.66. The third kappa shape index (κ3) is 4.99. The Hall–Kier alpha value is -1.06. The second-order valence-corrected chi connectivity index (χ2v) is 6.02. The van der Waals surface area contributed by atoms with Crippen molar-refractivity contribution in [1.82, 2.24) is 10.2 Å². The normalized spacial score (nSPS) is 21.3. The predicted octanol–water partition coefficient (Wildman–Crippen LogP) is 3.45. The zero-order chi connectivity index (χ0) is 15.1. The molecule has 0 saturated carbocycles. The summed E-state index contributed by atoms with van der Waals surface area (Å²) < 4.78 is 0. The number of rotatable bonds is 6. The summed E-state index contributed by atoms with van der Waals surface area (Å²) in [6.07, 6.45) is 3.85. The van der Waals surface area contributed by atoms with Gasteiger partial charge in [-0.15, -0.1) is 12.4 Å². The number of piperidine rings is 1. The van der Waals surface area contributed by atoms with Crippen LogP contribution in [-0.2, 0) is 4.79 Å². The highest BCUT2D eigenvalue weighted by Crippen LogP contribution is 2.34. The summed E-state index contributed by atoms with van der Waals surface area (Å²) >= 11 is 0. The first-order valence-electron chi connectivity index (χ1n) is 8.23. The molecule has 1 saturated heterocycles. The van der Waals surface area contributed by atoms with Crippen LogP contribution < -0.4 is 5.32 Å². The van der Waals surface area contributed by atoms with E-state index in [9.17, 15) is 4.79 Å². The molecule has 1 fully saturated rings. The Bertz CT molecular complexity index is 438. The van der Waals surface area contributed by atoms with Crippen LogP contribution in [0, 0.1) is 5.92 Å². The molecule has 4 heteroatoms. The maximum atomic E-state index is 12.3. The molecule has 1 aliphatic heterocycles. The largest absolute Gasteiger partial charge is 0.342 e. The quantitative estimate of drug-likeness (QED) is 0.813. The second kappa shape index (κ2) is 9.86. The molecule has 124 valence electrons. The van der Waals surface area contributed by atoms with Gasteiger partial charge in [-0.3, -0.25) is 4.79 Å². The monoisotopic (exact) mass is 324 g/mol. The van der Waals surface area contributed by atoms with E-state index in [1.165, 1.54) is 5.56 Å². The Morgan fingerprint density at radius 2 is 2.05 bits per heavy atom. The fourth-order valence-corrected chi connectivity index (χ4v) is 3.39. The van der Waals surface area contributed by atoms with Crippen LogP contribution in [0.3, 0.4) is 0 Å². The van der Waals surface area contributed by atoms with Gasteiger partial charge in [-0.2, -0.15) is 0 Å². The molecule has 1 aromatic carbocycles. The van der Waals surface area contributed by atoms with E-state index in [1.54, 1.807) is 0 Å². The van der Waals surface area contributed by atoms with Gasteiger partial charge in [-0.1, -0.05) is 43.7 Å². The van der Waals surface area contributed by atoms with Crippen molar-refractivity contribution in [2.45, 2.75) is 38.5 Å². The van der Waals surface area contributed by atoms with Gasteiger partial charge in [0.25, 0.3) is 0 Å². The second-order valence-electron chi connectivity index (χ2n) is 6.02. The van der Waals surface area contributed by atoms with Gasteiger partial charge in [0, 0.05) is 19.5 Å². The van der Waals surface area contributed by atoms with Crippen molar-refractivity contribution < 1.29 is 4.79 Å². The zero-order valence-corrected chi connectivity index (χ0v) is 14.6. The summed E-state index contributed by atoms with van der Waals surface area (Å²) in [7, 11) is 1.93. The van der Waals surface area contributed by atoms with Crippen LogP contribution in [0.15, 0.2) is 30.3 Å². The molecule has 1 N–H and O–H groups in total. The number of amides is 1. The highest BCUT2D eigenvalue weighted by Gasteiger charge is 2.30. The van der Waals surface area contributed by atoms with Gasteiger partial charge in [0.2, 0.25) is 5.91 Å². The molecule has 22 heavy (non-hydrogen) atoms. The Morgan fingerprint density at radius 1 is 1.32 bits per heavy atom. The van der Waals surface area contributed by atoms with E-state index in [4.69, 9.17) is 0 Å². The maximum Gasteiger partial charge on any atom is 0.222 e. The first-order valence-corrected chi connectivity index (χ1v) is 8.23. The lowest BCUT2D eigenvalue weighted by Gasteiger charge is -2.38. The van der Waals surface area contributed by atoms with Gasteiger partial charge in [-0.05, 0) is 43.8 Å². The molecule has 0 aliphatic carbocycles. The lowest BCUT2D eigenvalue weighted by Crippen LogP contribution is -2.43. The number of carbonyl (C=O) groups excluding carboxylic acids is 1. The molecule has 3 nitrogen and oxygen atoms in total. The summed E-state index contributed by atoms with van der Waals surface area (Å²) in [5.74, 6) is 1.53. The molecule has 0 aromatic heterocycles. The number of halogens is 1. The van der Waals surface area contributed by atoms with E-state index < -0.39 is 0 Å². The van der Waals surface area contributed by atoms with Gasteiger partial charge in [0.1, 0.15) is 0 Å². The molecule has 2 rings (SSSR count). The molecule has 1 aliphatic rings. The first-order chi connectivity index (χ1) is 10.3. The number of benzene rings is 1. The summed E-state index contributed by atoms with van der Waals surface area (Å²) in [4.78, 5) is 14.4. The van der Waals surface area contributed by atoms with Crippen LogP contribution in [0.2, 0.25) is 0 Å². The average molecular weight is 325 g/mol. The smallest absolute Gasteiger partial charge is 0.222 e. The molecule has 0 radical (unpaired) electrons. The Kier molecular flexibility index (Phi) is 8.51. The van der Waals surface area contributed by atoms with Crippen molar-refractivity contribution in [2.24, 2.45) is 5.92 Å². The van der Waals surface area contributed by atoms with Crippen molar-refractivity contribution in [3.8, 4) is 0 Å². The third-order valence-electron chi connectivity index (χ3n) is 4.66. The summed E-state index contributed by atoms with van der Waals surface area (Å²) in [5, 5.41) is 3.10. The van der Waals surface area contributed by atoms with Crippen molar-refractivity contribution in [1.29, 1.82) is 0 Å². The Balaban J connectivity index is 0.00000242. The SMILES string of the molecule is CCC1CN(C(=O)CCCNC)CCC1c1ccccc1.Cl. The van der Waals surface area contributed by atoms with Crippen LogP contribution in [0.1, 0.15) is 44.1 Å². The Labute approximate surface area is 140 Å². The molecule has 1 heterocycles. The molecule has 2 atom stereocenters. The molecule has 2 unspecified atom stereocenters. The number of hydrogen-bond donors (Lipinski definition) is 1. The van der Waals surface area contributed by atoms with Crippen molar-refractivity contribution >= 4 is 18.3 Å². The van der Waals surface area contributed by atoms with Crippen LogP contribution in [-0.4, -0.2) is 37.5 Å². The van der Waals surface area contributed by atoms with Gasteiger partial charge in [0.05, 0.1) is 0 Å². The standard InChI is InChI=1S/C18H28N2O.ClH/c1-3-15-14-20(18(21)10-7-12-19-2)13-11-17(15)16-8-5-4-6-9-16;/h4-6,8-9,15,17,19H,3,7,10-14H2,1-2H3;1H. The fourth-order valence-electron chi connectivity index (χ4n) is 3.39. The minimum absolute atomic E-state index is 0. The maximum absolute atomic E-state index is 12.3. The lowest BCUT2D eigenvalue weighted by atomic mass is 9.79. The minimum atomic E-state index is 0. The molecular formula is C18H29ClN2O. The topological polar surface area (TPSA) is 32.3 Å². The highest BCUT2D eigenvalue weighted by atomic mass is 35.5. The van der Waals surface area contributed by atoms with Crippen molar-refractivity contribution in [3.05, 3.63) is 35.9 Å². The van der Waals surface area contributed by atoms with E-state index in [0.717, 1.165) is 38.9 Å². The zero-order valence-electron chi connectivity index (χ0n) is 13.8.